The van der Waals surface area contributed by atoms with Crippen molar-refractivity contribution in [3.63, 3.8) is 0 Å². The van der Waals surface area contributed by atoms with Crippen LogP contribution in [-0.2, 0) is 4.79 Å². The highest BCUT2D eigenvalue weighted by atomic mass is 16.2. The molecule has 6 heteroatoms. The van der Waals surface area contributed by atoms with Gasteiger partial charge in [-0.2, -0.15) is 0 Å². The molecule has 1 atom stereocenters. The first-order valence-corrected chi connectivity index (χ1v) is 7.94. The summed E-state index contributed by atoms with van der Waals surface area (Å²) in [6.45, 7) is 2.65. The predicted molar refractivity (Wildman–Crippen MR) is 91.0 cm³/mol. The van der Waals surface area contributed by atoms with Gasteiger partial charge in [0.2, 0.25) is 11.5 Å². The Bertz CT molecular complexity index is 791. The number of hydrogen-bond acceptors (Lipinski definition) is 3. The first-order chi connectivity index (χ1) is 11.5. The van der Waals surface area contributed by atoms with Crippen LogP contribution in [0.3, 0.4) is 0 Å². The molecule has 3 rings (SSSR count). The lowest BCUT2D eigenvalue weighted by Crippen LogP contribution is -2.27. The summed E-state index contributed by atoms with van der Waals surface area (Å²) in [7, 11) is 0. The Hall–Kier alpha value is -2.89. The minimum Gasteiger partial charge on any atom is -0.345 e. The van der Waals surface area contributed by atoms with Gasteiger partial charge in [0.25, 0.3) is 5.91 Å². The van der Waals surface area contributed by atoms with Crippen LogP contribution < -0.4 is 15.8 Å². The number of aromatic amines is 1. The van der Waals surface area contributed by atoms with E-state index in [0.29, 0.717) is 12.0 Å². The Balaban J connectivity index is 1.67. The Labute approximate surface area is 139 Å². The van der Waals surface area contributed by atoms with Gasteiger partial charge < -0.3 is 15.2 Å². The monoisotopic (exact) mass is 325 g/mol. The van der Waals surface area contributed by atoms with Gasteiger partial charge in [-0.25, -0.2) is 0 Å². The molecule has 2 N–H and O–H groups in total. The van der Waals surface area contributed by atoms with Crippen molar-refractivity contribution >= 4 is 17.5 Å². The highest BCUT2D eigenvalue weighted by Gasteiger charge is 2.21. The summed E-state index contributed by atoms with van der Waals surface area (Å²) >= 11 is 0. The van der Waals surface area contributed by atoms with E-state index in [1.54, 1.807) is 4.90 Å². The number of rotatable bonds is 4. The summed E-state index contributed by atoms with van der Waals surface area (Å²) in [5, 5.41) is 2.89. The molecule has 1 saturated heterocycles. The molecule has 1 aliphatic heterocycles. The molecular weight excluding hydrogens is 306 g/mol. The zero-order chi connectivity index (χ0) is 17.1. The lowest BCUT2D eigenvalue weighted by atomic mass is 10.1. The van der Waals surface area contributed by atoms with E-state index in [0.717, 1.165) is 24.2 Å². The summed E-state index contributed by atoms with van der Waals surface area (Å²) in [6.07, 6.45) is 2.89. The Morgan fingerprint density at radius 1 is 1.17 bits per heavy atom. The zero-order valence-electron chi connectivity index (χ0n) is 13.4. The number of amides is 2. The van der Waals surface area contributed by atoms with Gasteiger partial charge in [0, 0.05) is 30.9 Å². The van der Waals surface area contributed by atoms with E-state index >= 15 is 0 Å². The van der Waals surface area contributed by atoms with Gasteiger partial charge in [-0.15, -0.1) is 0 Å². The van der Waals surface area contributed by atoms with Crippen molar-refractivity contribution in [2.45, 2.75) is 25.8 Å². The Kier molecular flexibility index (Phi) is 4.46. The maximum absolute atomic E-state index is 12.2. The minimum atomic E-state index is -0.252. The van der Waals surface area contributed by atoms with E-state index in [4.69, 9.17) is 0 Å². The number of carbonyl (C=O) groups is 2. The lowest BCUT2D eigenvalue weighted by molar-refractivity contribution is -0.117. The topological polar surface area (TPSA) is 82.3 Å². The van der Waals surface area contributed by atoms with Crippen LogP contribution in [0.5, 0.6) is 0 Å². The zero-order valence-corrected chi connectivity index (χ0v) is 13.4. The van der Waals surface area contributed by atoms with E-state index in [1.165, 1.54) is 18.3 Å². The number of benzene rings is 1. The van der Waals surface area contributed by atoms with Crippen LogP contribution in [0.1, 0.15) is 41.7 Å². The number of aromatic nitrogens is 1. The van der Waals surface area contributed by atoms with Crippen LogP contribution in [-0.4, -0.2) is 23.3 Å². The summed E-state index contributed by atoms with van der Waals surface area (Å²) in [6, 6.07) is 10.3. The van der Waals surface area contributed by atoms with Crippen molar-refractivity contribution < 1.29 is 9.59 Å². The third-order valence-corrected chi connectivity index (χ3v) is 4.17. The van der Waals surface area contributed by atoms with Gasteiger partial charge in [-0.05, 0) is 37.1 Å². The van der Waals surface area contributed by atoms with E-state index in [1.807, 2.05) is 31.2 Å². The number of carbonyl (C=O) groups excluding carboxylic acids is 2. The molecule has 0 spiro atoms. The quantitative estimate of drug-likeness (QED) is 0.902. The fraction of sp³-hybridized carbons (Fsp3) is 0.278. The second kappa shape index (κ2) is 6.70. The van der Waals surface area contributed by atoms with Gasteiger partial charge in [0.05, 0.1) is 11.6 Å². The van der Waals surface area contributed by atoms with Gasteiger partial charge in [-0.3, -0.25) is 14.4 Å². The van der Waals surface area contributed by atoms with Gasteiger partial charge in [-0.1, -0.05) is 12.1 Å². The normalized spacial score (nSPS) is 15.4. The van der Waals surface area contributed by atoms with Gasteiger partial charge >= 0.3 is 0 Å². The molecule has 0 saturated carbocycles. The minimum absolute atomic E-state index is 0.155. The Morgan fingerprint density at radius 3 is 2.50 bits per heavy atom. The summed E-state index contributed by atoms with van der Waals surface area (Å²) in [4.78, 5) is 39.2. The average Bonchev–Trinajstić information content (AvgIpc) is 3.01. The first kappa shape index (κ1) is 16.0. The van der Waals surface area contributed by atoms with Crippen LogP contribution in [0.15, 0.2) is 47.4 Å². The van der Waals surface area contributed by atoms with E-state index in [-0.39, 0.29) is 23.4 Å². The molecule has 1 fully saturated rings. The molecule has 0 bridgehead atoms. The lowest BCUT2D eigenvalue weighted by Gasteiger charge is -2.18. The van der Waals surface area contributed by atoms with E-state index in [9.17, 15) is 14.4 Å². The second-order valence-electron chi connectivity index (χ2n) is 5.88. The molecule has 6 nitrogen and oxygen atoms in total. The molecule has 1 aromatic heterocycles. The number of H-pyrrole nitrogens is 1. The predicted octanol–water partition coefficient (Wildman–Crippen LogP) is 1.99. The third-order valence-electron chi connectivity index (χ3n) is 4.17. The van der Waals surface area contributed by atoms with Crippen LogP contribution in [0, 0.1) is 0 Å². The van der Waals surface area contributed by atoms with Crippen molar-refractivity contribution in [3.05, 3.63) is 64.1 Å². The van der Waals surface area contributed by atoms with Gasteiger partial charge in [0.15, 0.2) is 0 Å². The summed E-state index contributed by atoms with van der Waals surface area (Å²) < 4.78 is 0. The van der Waals surface area contributed by atoms with Crippen LogP contribution >= 0.6 is 0 Å². The summed E-state index contributed by atoms with van der Waals surface area (Å²) in [5.41, 5.74) is 2.00. The van der Waals surface area contributed by atoms with E-state index in [2.05, 4.69) is 10.3 Å². The largest absolute Gasteiger partial charge is 0.345 e. The second-order valence-corrected chi connectivity index (χ2v) is 5.88. The fourth-order valence-corrected chi connectivity index (χ4v) is 2.78. The number of nitrogens with one attached hydrogen (secondary N) is 2. The SMILES string of the molecule is C[C@H](NC(=O)c1ccc(=O)[nH]c1)c1ccc(N2CCCC2=O)cc1. The van der Waals surface area contributed by atoms with Crippen molar-refractivity contribution in [1.82, 2.24) is 10.3 Å². The fourth-order valence-electron chi connectivity index (χ4n) is 2.78. The first-order valence-electron chi connectivity index (χ1n) is 7.94. The number of hydrogen-bond donors (Lipinski definition) is 2. The average molecular weight is 325 g/mol. The Morgan fingerprint density at radius 2 is 1.92 bits per heavy atom. The summed E-state index contributed by atoms with van der Waals surface area (Å²) in [5.74, 6) is -0.0975. The van der Waals surface area contributed by atoms with Crippen LogP contribution in [0.25, 0.3) is 0 Å². The maximum atomic E-state index is 12.2. The molecule has 0 unspecified atom stereocenters. The van der Waals surface area contributed by atoms with Crippen molar-refractivity contribution in [2.24, 2.45) is 0 Å². The molecule has 2 heterocycles. The number of anilines is 1. The van der Waals surface area contributed by atoms with Crippen molar-refractivity contribution in [1.29, 1.82) is 0 Å². The standard InChI is InChI=1S/C18H19N3O3/c1-12(20-18(24)14-6-9-16(22)19-11-14)13-4-7-15(8-5-13)21-10-2-3-17(21)23/h4-9,11-12H,2-3,10H2,1H3,(H,19,22)(H,20,24)/t12-/m0/s1. The molecule has 1 aromatic carbocycles. The van der Waals surface area contributed by atoms with Crippen molar-refractivity contribution in [2.75, 3.05) is 11.4 Å². The van der Waals surface area contributed by atoms with Crippen LogP contribution in [0.4, 0.5) is 5.69 Å². The van der Waals surface area contributed by atoms with E-state index < -0.39 is 0 Å². The number of nitrogens with zero attached hydrogens (tertiary/aromatic N) is 1. The molecule has 1 aliphatic rings. The highest BCUT2D eigenvalue weighted by Crippen LogP contribution is 2.23. The molecule has 0 radical (unpaired) electrons. The molecule has 0 aliphatic carbocycles. The van der Waals surface area contributed by atoms with Crippen molar-refractivity contribution in [3.8, 4) is 0 Å². The maximum Gasteiger partial charge on any atom is 0.253 e. The molecule has 2 aromatic rings. The third kappa shape index (κ3) is 3.37. The smallest absolute Gasteiger partial charge is 0.253 e. The van der Waals surface area contributed by atoms with Crippen LogP contribution in [0.2, 0.25) is 0 Å². The molecular formula is C18H19N3O3. The number of pyridine rings is 1. The molecule has 124 valence electrons. The molecule has 2 amide bonds. The molecule has 24 heavy (non-hydrogen) atoms. The highest BCUT2D eigenvalue weighted by molar-refractivity contribution is 5.95. The van der Waals surface area contributed by atoms with Gasteiger partial charge in [0.1, 0.15) is 0 Å².